The summed E-state index contributed by atoms with van der Waals surface area (Å²) in [4.78, 5) is 0. The van der Waals surface area contributed by atoms with Gasteiger partial charge in [-0.15, -0.1) is 0 Å². The number of hydrogen-bond donors (Lipinski definition) is 1. The minimum Gasteiger partial charge on any atom is -0.395 e. The highest BCUT2D eigenvalue weighted by Gasteiger charge is 2.39. The van der Waals surface area contributed by atoms with Gasteiger partial charge in [-0.25, -0.2) is 0 Å². The van der Waals surface area contributed by atoms with Gasteiger partial charge in [0.05, 0.1) is 12.3 Å². The van der Waals surface area contributed by atoms with Crippen molar-refractivity contribution in [2.45, 2.75) is 38.1 Å². The maximum absolute atomic E-state index is 9.32. The van der Waals surface area contributed by atoms with E-state index in [1.54, 1.807) is 0 Å². The molecule has 1 fully saturated rings. The fourth-order valence-electron chi connectivity index (χ4n) is 1.92. The van der Waals surface area contributed by atoms with Gasteiger partial charge in [-0.3, -0.25) is 4.68 Å². The van der Waals surface area contributed by atoms with Crippen LogP contribution >= 0.6 is 0 Å². The van der Waals surface area contributed by atoms with Crippen molar-refractivity contribution in [1.29, 1.82) is 0 Å². The smallest absolute Gasteiger partial charge is 0.0709 e. The molecule has 0 aliphatic heterocycles. The first kappa shape index (κ1) is 8.75. The van der Waals surface area contributed by atoms with Crippen LogP contribution < -0.4 is 0 Å². The number of aliphatic hydroxyl groups is 1. The minimum atomic E-state index is 0.000417. The minimum absolute atomic E-state index is 0.000417. The summed E-state index contributed by atoms with van der Waals surface area (Å²) in [5, 5.41) is 13.8. The molecule has 1 heterocycles. The van der Waals surface area contributed by atoms with Crippen molar-refractivity contribution in [3.63, 3.8) is 0 Å². The van der Waals surface area contributed by atoms with E-state index >= 15 is 0 Å². The van der Waals surface area contributed by atoms with Gasteiger partial charge >= 0.3 is 0 Å². The van der Waals surface area contributed by atoms with Crippen LogP contribution in [-0.4, -0.2) is 21.5 Å². The number of aliphatic hydroxyl groups excluding tert-OH is 1. The van der Waals surface area contributed by atoms with E-state index in [-0.39, 0.29) is 12.0 Å². The van der Waals surface area contributed by atoms with Gasteiger partial charge in [0.2, 0.25) is 0 Å². The standard InChI is InChI=1S/C10H16N2O/c1-2-12-7-4-9(11-12)10(8-13)5-3-6-10/h4,7,13H,2-3,5-6,8H2,1H3. The molecule has 1 saturated carbocycles. The molecule has 1 aromatic heterocycles. The maximum Gasteiger partial charge on any atom is 0.0709 e. The fraction of sp³-hybridized carbons (Fsp3) is 0.700. The molecule has 1 aliphatic carbocycles. The molecule has 0 saturated heterocycles. The molecule has 0 unspecified atom stereocenters. The van der Waals surface area contributed by atoms with Gasteiger partial charge in [0.15, 0.2) is 0 Å². The van der Waals surface area contributed by atoms with E-state index < -0.39 is 0 Å². The second-order valence-electron chi connectivity index (χ2n) is 3.85. The molecule has 0 amide bonds. The molecular weight excluding hydrogens is 164 g/mol. The molecule has 2 rings (SSSR count). The topological polar surface area (TPSA) is 38.0 Å². The van der Waals surface area contributed by atoms with Crippen LogP contribution in [0.25, 0.3) is 0 Å². The Kier molecular flexibility index (Phi) is 2.12. The third-order valence-corrected chi connectivity index (χ3v) is 3.12. The highest BCUT2D eigenvalue weighted by atomic mass is 16.3. The van der Waals surface area contributed by atoms with E-state index in [0.29, 0.717) is 0 Å². The first-order valence-electron chi connectivity index (χ1n) is 4.95. The molecule has 72 valence electrons. The van der Waals surface area contributed by atoms with Gasteiger partial charge in [0.25, 0.3) is 0 Å². The maximum atomic E-state index is 9.32. The van der Waals surface area contributed by atoms with Crippen molar-refractivity contribution in [3.8, 4) is 0 Å². The predicted molar refractivity (Wildman–Crippen MR) is 50.5 cm³/mol. The van der Waals surface area contributed by atoms with Crippen molar-refractivity contribution in [1.82, 2.24) is 9.78 Å². The second-order valence-corrected chi connectivity index (χ2v) is 3.85. The molecule has 3 heteroatoms. The molecule has 1 aromatic rings. The number of aryl methyl sites for hydroxylation is 1. The number of rotatable bonds is 3. The van der Waals surface area contributed by atoms with E-state index in [0.717, 1.165) is 25.1 Å². The quantitative estimate of drug-likeness (QED) is 0.761. The highest BCUT2D eigenvalue weighted by Crippen LogP contribution is 2.42. The Morgan fingerprint density at radius 3 is 2.77 bits per heavy atom. The molecule has 0 radical (unpaired) electrons. The molecule has 0 aromatic carbocycles. The second kappa shape index (κ2) is 3.14. The lowest BCUT2D eigenvalue weighted by atomic mass is 9.67. The van der Waals surface area contributed by atoms with E-state index in [4.69, 9.17) is 0 Å². The van der Waals surface area contributed by atoms with Crippen molar-refractivity contribution in [2.24, 2.45) is 0 Å². The van der Waals surface area contributed by atoms with Crippen LogP contribution in [0.5, 0.6) is 0 Å². The summed E-state index contributed by atoms with van der Waals surface area (Å²) in [5.74, 6) is 0. The van der Waals surface area contributed by atoms with Crippen LogP contribution in [0.1, 0.15) is 31.9 Å². The third-order valence-electron chi connectivity index (χ3n) is 3.12. The lowest BCUT2D eigenvalue weighted by Gasteiger charge is -2.38. The van der Waals surface area contributed by atoms with E-state index in [9.17, 15) is 5.11 Å². The van der Waals surface area contributed by atoms with E-state index in [2.05, 4.69) is 12.0 Å². The molecule has 1 N–H and O–H groups in total. The predicted octanol–water partition coefficient (Wildman–Crippen LogP) is 1.32. The molecule has 3 nitrogen and oxygen atoms in total. The van der Waals surface area contributed by atoms with Gasteiger partial charge in [-0.05, 0) is 25.8 Å². The Balaban J connectivity index is 2.23. The Morgan fingerprint density at radius 1 is 1.62 bits per heavy atom. The van der Waals surface area contributed by atoms with E-state index in [1.807, 2.05) is 16.9 Å². The lowest BCUT2D eigenvalue weighted by molar-refractivity contribution is 0.115. The van der Waals surface area contributed by atoms with Crippen LogP contribution in [0.3, 0.4) is 0 Å². The van der Waals surface area contributed by atoms with Gasteiger partial charge in [0.1, 0.15) is 0 Å². The lowest BCUT2D eigenvalue weighted by Crippen LogP contribution is -2.38. The molecular formula is C10H16N2O. The van der Waals surface area contributed by atoms with Gasteiger partial charge in [-0.1, -0.05) is 6.42 Å². The average molecular weight is 180 g/mol. The molecule has 1 aliphatic rings. The zero-order valence-electron chi connectivity index (χ0n) is 8.03. The van der Waals surface area contributed by atoms with E-state index in [1.165, 1.54) is 6.42 Å². The summed E-state index contributed by atoms with van der Waals surface area (Å²) in [5.41, 5.74) is 1.07. The van der Waals surface area contributed by atoms with Crippen LogP contribution in [0, 0.1) is 0 Å². The van der Waals surface area contributed by atoms with Crippen LogP contribution in [-0.2, 0) is 12.0 Å². The largest absolute Gasteiger partial charge is 0.395 e. The fourth-order valence-corrected chi connectivity index (χ4v) is 1.92. The molecule has 0 bridgehead atoms. The van der Waals surface area contributed by atoms with Crippen molar-refractivity contribution in [3.05, 3.63) is 18.0 Å². The number of aromatic nitrogens is 2. The van der Waals surface area contributed by atoms with Crippen molar-refractivity contribution < 1.29 is 5.11 Å². The van der Waals surface area contributed by atoms with Gasteiger partial charge in [-0.2, -0.15) is 5.10 Å². The summed E-state index contributed by atoms with van der Waals surface area (Å²) >= 11 is 0. The number of nitrogens with zero attached hydrogens (tertiary/aromatic N) is 2. The van der Waals surface area contributed by atoms with Gasteiger partial charge in [0, 0.05) is 18.2 Å². The van der Waals surface area contributed by atoms with Crippen molar-refractivity contribution in [2.75, 3.05) is 6.61 Å². The average Bonchev–Trinajstić information content (AvgIpc) is 2.52. The summed E-state index contributed by atoms with van der Waals surface area (Å²) in [6.07, 6.45) is 5.39. The summed E-state index contributed by atoms with van der Waals surface area (Å²) < 4.78 is 1.92. The molecule has 0 atom stereocenters. The SMILES string of the molecule is CCn1ccc(C2(CO)CCC2)n1. The number of hydrogen-bond acceptors (Lipinski definition) is 2. The monoisotopic (exact) mass is 180 g/mol. The summed E-state index contributed by atoms with van der Waals surface area (Å²) in [7, 11) is 0. The van der Waals surface area contributed by atoms with Crippen LogP contribution in [0.4, 0.5) is 0 Å². The first-order chi connectivity index (χ1) is 6.30. The van der Waals surface area contributed by atoms with Crippen LogP contribution in [0.2, 0.25) is 0 Å². The van der Waals surface area contributed by atoms with Crippen LogP contribution in [0.15, 0.2) is 12.3 Å². The summed E-state index contributed by atoms with van der Waals surface area (Å²) in [6, 6.07) is 2.04. The van der Waals surface area contributed by atoms with Gasteiger partial charge < -0.3 is 5.11 Å². The Morgan fingerprint density at radius 2 is 2.38 bits per heavy atom. The Hall–Kier alpha value is -0.830. The normalized spacial score (nSPS) is 19.8. The highest BCUT2D eigenvalue weighted by molar-refractivity contribution is 5.19. The zero-order valence-corrected chi connectivity index (χ0v) is 8.03. The Bertz CT molecular complexity index is 283. The molecule has 0 spiro atoms. The summed E-state index contributed by atoms with van der Waals surface area (Å²) in [6.45, 7) is 3.22. The zero-order chi connectivity index (χ0) is 9.31. The first-order valence-corrected chi connectivity index (χ1v) is 4.95. The molecule has 13 heavy (non-hydrogen) atoms. The van der Waals surface area contributed by atoms with Crippen molar-refractivity contribution >= 4 is 0 Å². The Labute approximate surface area is 78.4 Å². The third kappa shape index (κ3) is 1.27.